The monoisotopic (exact) mass is 290 g/mol. The minimum atomic E-state index is -0.758. The van der Waals surface area contributed by atoms with Crippen LogP contribution < -0.4 is 10.6 Å². The summed E-state index contributed by atoms with van der Waals surface area (Å²) in [6, 6.07) is 9.73. The zero-order valence-corrected chi connectivity index (χ0v) is 12.0. The smallest absolute Gasteiger partial charge is 0.315 e. The topological polar surface area (TPSA) is 78.4 Å². The standard InChI is InChI=1S/C16H22N2O3/c19-15(20)13-7-4-8-14(11-13)18-16(21)17-10-9-12-5-2-1-3-6-12/h1-3,5-6,13-14H,4,7-11H2,(H,19,20)(H2,17,18,21). The number of carbonyl (C=O) groups excluding carboxylic acids is 1. The van der Waals surface area contributed by atoms with Crippen molar-refractivity contribution in [1.29, 1.82) is 0 Å². The Morgan fingerprint density at radius 2 is 1.95 bits per heavy atom. The third-order valence-electron chi connectivity index (χ3n) is 3.90. The fraction of sp³-hybridized carbons (Fsp3) is 0.500. The van der Waals surface area contributed by atoms with Gasteiger partial charge in [-0.15, -0.1) is 0 Å². The molecule has 0 aromatic heterocycles. The van der Waals surface area contributed by atoms with Crippen molar-refractivity contribution in [3.05, 3.63) is 35.9 Å². The highest BCUT2D eigenvalue weighted by molar-refractivity contribution is 5.74. The van der Waals surface area contributed by atoms with Gasteiger partial charge in [0.25, 0.3) is 0 Å². The van der Waals surface area contributed by atoms with E-state index >= 15 is 0 Å². The first-order chi connectivity index (χ1) is 10.1. The van der Waals surface area contributed by atoms with Crippen LogP contribution in [0.5, 0.6) is 0 Å². The summed E-state index contributed by atoms with van der Waals surface area (Å²) >= 11 is 0. The first-order valence-corrected chi connectivity index (χ1v) is 7.46. The molecule has 1 saturated carbocycles. The van der Waals surface area contributed by atoms with Gasteiger partial charge in [-0.3, -0.25) is 4.79 Å². The molecule has 5 heteroatoms. The lowest BCUT2D eigenvalue weighted by molar-refractivity contribution is -0.143. The second-order valence-electron chi connectivity index (χ2n) is 5.53. The molecule has 0 spiro atoms. The number of amides is 2. The molecule has 2 unspecified atom stereocenters. The molecule has 0 saturated heterocycles. The van der Waals surface area contributed by atoms with Gasteiger partial charge in [-0.05, 0) is 31.2 Å². The number of nitrogens with one attached hydrogen (secondary N) is 2. The van der Waals surface area contributed by atoms with E-state index in [9.17, 15) is 9.59 Å². The number of urea groups is 1. The van der Waals surface area contributed by atoms with Crippen LogP contribution in [0.15, 0.2) is 30.3 Å². The zero-order valence-electron chi connectivity index (χ0n) is 12.0. The Morgan fingerprint density at radius 3 is 2.67 bits per heavy atom. The van der Waals surface area contributed by atoms with Gasteiger partial charge in [0.05, 0.1) is 5.92 Å². The lowest BCUT2D eigenvalue weighted by Gasteiger charge is -2.27. The van der Waals surface area contributed by atoms with Crippen molar-refractivity contribution in [1.82, 2.24) is 10.6 Å². The lowest BCUT2D eigenvalue weighted by Crippen LogP contribution is -2.45. The van der Waals surface area contributed by atoms with E-state index in [1.165, 1.54) is 5.56 Å². The zero-order chi connectivity index (χ0) is 15.1. The highest BCUT2D eigenvalue weighted by Crippen LogP contribution is 2.24. The van der Waals surface area contributed by atoms with Gasteiger partial charge in [0.15, 0.2) is 0 Å². The first-order valence-electron chi connectivity index (χ1n) is 7.46. The minimum Gasteiger partial charge on any atom is -0.481 e. The molecule has 1 aliphatic rings. The van der Waals surface area contributed by atoms with Gasteiger partial charge in [0, 0.05) is 12.6 Å². The Bertz CT molecular complexity index is 476. The van der Waals surface area contributed by atoms with Gasteiger partial charge in [-0.25, -0.2) is 4.79 Å². The molecule has 2 amide bonds. The average Bonchev–Trinajstić information content (AvgIpc) is 2.48. The predicted molar refractivity (Wildman–Crippen MR) is 80.1 cm³/mol. The Morgan fingerprint density at radius 1 is 1.19 bits per heavy atom. The minimum absolute atomic E-state index is 0.0309. The van der Waals surface area contributed by atoms with Crippen LogP contribution in [0.2, 0.25) is 0 Å². The Labute approximate surface area is 124 Å². The molecule has 21 heavy (non-hydrogen) atoms. The molecule has 2 rings (SSSR count). The van der Waals surface area contributed by atoms with E-state index in [1.807, 2.05) is 30.3 Å². The molecule has 5 nitrogen and oxygen atoms in total. The van der Waals surface area contributed by atoms with Crippen LogP contribution in [0.3, 0.4) is 0 Å². The number of carboxylic acids is 1. The molecule has 2 atom stereocenters. The number of aliphatic carboxylic acids is 1. The van der Waals surface area contributed by atoms with Crippen molar-refractivity contribution >= 4 is 12.0 Å². The maximum Gasteiger partial charge on any atom is 0.315 e. The highest BCUT2D eigenvalue weighted by atomic mass is 16.4. The molecular formula is C16H22N2O3. The van der Waals surface area contributed by atoms with Gasteiger partial charge in [0.1, 0.15) is 0 Å². The molecule has 0 heterocycles. The summed E-state index contributed by atoms with van der Waals surface area (Å²) in [6.07, 6.45) is 3.74. The fourth-order valence-corrected chi connectivity index (χ4v) is 2.75. The molecule has 0 bridgehead atoms. The van der Waals surface area contributed by atoms with Crippen LogP contribution in [0.4, 0.5) is 4.79 Å². The van der Waals surface area contributed by atoms with Crippen LogP contribution in [0.1, 0.15) is 31.2 Å². The van der Waals surface area contributed by atoms with Crippen LogP contribution in [0, 0.1) is 5.92 Å². The second kappa shape index (κ2) is 7.67. The second-order valence-corrected chi connectivity index (χ2v) is 5.53. The summed E-state index contributed by atoms with van der Waals surface area (Å²) in [5.41, 5.74) is 1.18. The summed E-state index contributed by atoms with van der Waals surface area (Å²) in [4.78, 5) is 22.8. The molecule has 1 aliphatic carbocycles. The maximum absolute atomic E-state index is 11.8. The highest BCUT2D eigenvalue weighted by Gasteiger charge is 2.27. The largest absolute Gasteiger partial charge is 0.481 e. The molecule has 0 aliphatic heterocycles. The van der Waals surface area contributed by atoms with Gasteiger partial charge in [0.2, 0.25) is 0 Å². The van der Waals surface area contributed by atoms with E-state index in [0.29, 0.717) is 19.4 Å². The summed E-state index contributed by atoms with van der Waals surface area (Å²) in [6.45, 7) is 0.574. The Balaban J connectivity index is 1.68. The van der Waals surface area contributed by atoms with Crippen molar-refractivity contribution in [3.8, 4) is 0 Å². The van der Waals surface area contributed by atoms with E-state index in [-0.39, 0.29) is 18.0 Å². The SMILES string of the molecule is O=C(NCCc1ccccc1)NC1CCCC(C(=O)O)C1. The number of hydrogen-bond acceptors (Lipinski definition) is 2. The summed E-state index contributed by atoms with van der Waals surface area (Å²) < 4.78 is 0. The van der Waals surface area contributed by atoms with E-state index in [0.717, 1.165) is 19.3 Å². The van der Waals surface area contributed by atoms with E-state index in [1.54, 1.807) is 0 Å². The number of benzene rings is 1. The number of carbonyl (C=O) groups is 2. The molecular weight excluding hydrogens is 268 g/mol. The van der Waals surface area contributed by atoms with Crippen LogP contribution in [0.25, 0.3) is 0 Å². The van der Waals surface area contributed by atoms with Gasteiger partial charge in [-0.2, -0.15) is 0 Å². The lowest BCUT2D eigenvalue weighted by atomic mass is 9.86. The van der Waals surface area contributed by atoms with Crippen LogP contribution in [-0.2, 0) is 11.2 Å². The van der Waals surface area contributed by atoms with Crippen molar-refractivity contribution in [2.75, 3.05) is 6.54 Å². The molecule has 1 aromatic rings. The van der Waals surface area contributed by atoms with Crippen molar-refractivity contribution in [2.45, 2.75) is 38.1 Å². The van der Waals surface area contributed by atoms with Gasteiger partial charge >= 0.3 is 12.0 Å². The average molecular weight is 290 g/mol. The molecule has 114 valence electrons. The number of carboxylic acid groups (broad SMARTS) is 1. The summed E-state index contributed by atoms with van der Waals surface area (Å²) in [5, 5.41) is 14.7. The fourth-order valence-electron chi connectivity index (χ4n) is 2.75. The number of rotatable bonds is 5. The maximum atomic E-state index is 11.8. The summed E-state index contributed by atoms with van der Waals surface area (Å²) in [5.74, 6) is -1.08. The van der Waals surface area contributed by atoms with Crippen LogP contribution in [-0.4, -0.2) is 29.7 Å². The van der Waals surface area contributed by atoms with E-state index in [2.05, 4.69) is 10.6 Å². The Hall–Kier alpha value is -2.04. The van der Waals surface area contributed by atoms with Crippen molar-refractivity contribution < 1.29 is 14.7 Å². The van der Waals surface area contributed by atoms with E-state index < -0.39 is 5.97 Å². The first kappa shape index (κ1) is 15.4. The van der Waals surface area contributed by atoms with Crippen LogP contribution >= 0.6 is 0 Å². The predicted octanol–water partition coefficient (Wildman–Crippen LogP) is 2.17. The third-order valence-corrected chi connectivity index (χ3v) is 3.90. The van der Waals surface area contributed by atoms with Crippen molar-refractivity contribution in [2.24, 2.45) is 5.92 Å². The van der Waals surface area contributed by atoms with Crippen molar-refractivity contribution in [3.63, 3.8) is 0 Å². The quantitative estimate of drug-likeness (QED) is 0.777. The van der Waals surface area contributed by atoms with E-state index in [4.69, 9.17) is 5.11 Å². The summed E-state index contributed by atoms with van der Waals surface area (Å²) in [7, 11) is 0. The molecule has 3 N–H and O–H groups in total. The number of hydrogen-bond donors (Lipinski definition) is 3. The van der Waals surface area contributed by atoms with Gasteiger partial charge < -0.3 is 15.7 Å². The Kier molecular flexibility index (Phi) is 5.60. The molecule has 1 fully saturated rings. The molecule has 1 aromatic carbocycles. The third kappa shape index (κ3) is 5.10. The normalized spacial score (nSPS) is 21.5. The van der Waals surface area contributed by atoms with Gasteiger partial charge in [-0.1, -0.05) is 36.8 Å². The molecule has 0 radical (unpaired) electrons.